The minimum Gasteiger partial charge on any atom is -0.481 e. The summed E-state index contributed by atoms with van der Waals surface area (Å²) in [4.78, 5) is 9.96. The average molecular weight is 488 g/mol. The summed E-state index contributed by atoms with van der Waals surface area (Å²) >= 11 is 0. The van der Waals surface area contributed by atoms with E-state index in [-0.39, 0.29) is 17.7 Å². The molecule has 2 aliphatic rings. The number of hydrogen-bond donors (Lipinski definition) is 1. The van der Waals surface area contributed by atoms with E-state index in [1.54, 1.807) is 30.4 Å². The average Bonchev–Trinajstić information content (AvgIpc) is 3.31. The minimum absolute atomic E-state index is 0.0575. The second-order valence-electron chi connectivity index (χ2n) is 9.28. The first-order valence-electron chi connectivity index (χ1n) is 11.8. The van der Waals surface area contributed by atoms with Crippen molar-refractivity contribution in [3.8, 4) is 23.6 Å². The predicted octanol–water partition coefficient (Wildman–Crippen LogP) is 3.74. The molecule has 0 radical (unpaired) electrons. The van der Waals surface area contributed by atoms with Gasteiger partial charge >= 0.3 is 0 Å². The van der Waals surface area contributed by atoms with Gasteiger partial charge in [-0.1, -0.05) is 42.5 Å². The lowest BCUT2D eigenvalue weighted by Crippen LogP contribution is -2.48. The van der Waals surface area contributed by atoms with Crippen LogP contribution < -0.4 is 14.2 Å². The molecule has 0 spiro atoms. The first-order valence-corrected chi connectivity index (χ1v) is 11.8. The van der Waals surface area contributed by atoms with Crippen LogP contribution in [0.5, 0.6) is 17.5 Å². The summed E-state index contributed by atoms with van der Waals surface area (Å²) in [5.74, 6) is 0.728. The monoisotopic (exact) mass is 487 g/mol. The number of hydrogen-bond acceptors (Lipinski definition) is 8. The summed E-state index contributed by atoms with van der Waals surface area (Å²) in [6.07, 6.45) is 0.373. The van der Waals surface area contributed by atoms with Gasteiger partial charge in [0.2, 0.25) is 11.8 Å². The van der Waals surface area contributed by atoms with Crippen LogP contribution in [0.2, 0.25) is 0 Å². The van der Waals surface area contributed by atoms with Gasteiger partial charge in [0.1, 0.15) is 11.4 Å². The zero-order chi connectivity index (χ0) is 25.5. The van der Waals surface area contributed by atoms with Crippen LogP contribution in [0.25, 0.3) is 0 Å². The Balaban J connectivity index is 1.81. The van der Waals surface area contributed by atoms with Gasteiger partial charge in [0, 0.05) is 25.6 Å². The van der Waals surface area contributed by atoms with Crippen LogP contribution >= 0.6 is 0 Å². The molecule has 1 fully saturated rings. The molecule has 186 valence electrons. The molecule has 1 aliphatic carbocycles. The molecule has 2 aromatic carbocycles. The first-order chi connectivity index (χ1) is 17.4. The number of aromatic nitrogens is 1. The number of methoxy groups -OCH3 is 2. The molecule has 4 unspecified atom stereocenters. The normalized spacial score (nSPS) is 26.1. The van der Waals surface area contributed by atoms with Gasteiger partial charge in [-0.05, 0) is 35.6 Å². The zero-order valence-electron chi connectivity index (χ0n) is 20.8. The van der Waals surface area contributed by atoms with Crippen molar-refractivity contribution in [1.82, 2.24) is 10.0 Å². The molecular formula is C28H29N3O5. The van der Waals surface area contributed by atoms with Crippen LogP contribution in [0.1, 0.15) is 34.6 Å². The maximum absolute atomic E-state index is 12.8. The number of nitriles is 1. The summed E-state index contributed by atoms with van der Waals surface area (Å²) in [5, 5.41) is 23.9. The Labute approximate surface area is 210 Å². The number of rotatable bonds is 7. The van der Waals surface area contributed by atoms with E-state index >= 15 is 0 Å². The Morgan fingerprint density at radius 1 is 1.11 bits per heavy atom. The van der Waals surface area contributed by atoms with Gasteiger partial charge in [0.25, 0.3) is 0 Å². The molecule has 0 saturated heterocycles. The summed E-state index contributed by atoms with van der Waals surface area (Å²) in [6, 6.07) is 21.2. The zero-order valence-corrected chi connectivity index (χ0v) is 20.8. The van der Waals surface area contributed by atoms with E-state index in [2.05, 4.69) is 23.2 Å². The minimum atomic E-state index is -1.49. The van der Waals surface area contributed by atoms with E-state index in [0.29, 0.717) is 35.7 Å². The molecule has 1 aliphatic heterocycles. The van der Waals surface area contributed by atoms with Crippen LogP contribution in [0, 0.1) is 17.2 Å². The van der Waals surface area contributed by atoms with Gasteiger partial charge in [0.15, 0.2) is 5.60 Å². The highest BCUT2D eigenvalue weighted by molar-refractivity contribution is 5.59. The van der Waals surface area contributed by atoms with Crippen molar-refractivity contribution < 1.29 is 24.2 Å². The quantitative estimate of drug-likeness (QED) is 0.504. The highest BCUT2D eigenvalue weighted by atomic mass is 16.7. The Hall–Kier alpha value is -3.64. The highest BCUT2D eigenvalue weighted by Crippen LogP contribution is 2.69. The molecule has 5 rings (SSSR count). The van der Waals surface area contributed by atoms with Crippen LogP contribution in [0.4, 0.5) is 0 Å². The fourth-order valence-electron chi connectivity index (χ4n) is 6.05. The number of hydroxylamine groups is 2. The lowest BCUT2D eigenvalue weighted by atomic mass is 9.71. The number of aliphatic hydroxyl groups is 1. The number of benzene rings is 2. The fourth-order valence-corrected chi connectivity index (χ4v) is 6.05. The van der Waals surface area contributed by atoms with E-state index in [9.17, 15) is 10.4 Å². The Morgan fingerprint density at radius 2 is 1.83 bits per heavy atom. The van der Waals surface area contributed by atoms with Crippen molar-refractivity contribution in [2.24, 2.45) is 5.92 Å². The molecule has 0 amide bonds. The SMILES string of the molecule is COc1cc2c(c(OC)n1)C1(O)CC(CN(C)OC)C(c3ccccc3)C1(c1ccc(C#N)cc1)O2. The van der Waals surface area contributed by atoms with Crippen LogP contribution in [-0.4, -0.2) is 50.1 Å². The molecule has 1 N–H and O–H groups in total. The lowest BCUT2D eigenvalue weighted by Gasteiger charge is -2.41. The van der Waals surface area contributed by atoms with Gasteiger partial charge < -0.3 is 24.2 Å². The highest BCUT2D eigenvalue weighted by Gasteiger charge is 2.72. The van der Waals surface area contributed by atoms with E-state index in [0.717, 1.165) is 11.1 Å². The molecule has 8 heteroatoms. The molecule has 0 bridgehead atoms. The van der Waals surface area contributed by atoms with E-state index < -0.39 is 11.2 Å². The van der Waals surface area contributed by atoms with Crippen molar-refractivity contribution in [3.63, 3.8) is 0 Å². The molecular weight excluding hydrogens is 458 g/mol. The summed E-state index contributed by atoms with van der Waals surface area (Å²) in [7, 11) is 6.55. The van der Waals surface area contributed by atoms with Crippen molar-refractivity contribution in [3.05, 3.63) is 82.9 Å². The van der Waals surface area contributed by atoms with E-state index in [1.807, 2.05) is 37.4 Å². The van der Waals surface area contributed by atoms with Crippen LogP contribution in [0.15, 0.2) is 60.7 Å². The molecule has 1 aromatic heterocycles. The Morgan fingerprint density at radius 3 is 2.44 bits per heavy atom. The standard InChI is InChI=1S/C28H29N3O5/c1-31(35-4)17-20-15-27(32)25-22(14-23(33-2)30-26(25)34-3)36-28(27,21-12-10-18(16-29)11-13-21)24(20)19-8-6-5-7-9-19/h5-14,20,24,32H,15,17H2,1-4H3. The van der Waals surface area contributed by atoms with Crippen molar-refractivity contribution in [2.75, 3.05) is 34.9 Å². The third-order valence-corrected chi connectivity index (χ3v) is 7.50. The summed E-state index contributed by atoms with van der Waals surface area (Å²) in [5.41, 5.74) is 0.113. The first kappa shape index (κ1) is 24.1. The number of pyridine rings is 1. The molecule has 4 atom stereocenters. The van der Waals surface area contributed by atoms with Crippen LogP contribution in [0.3, 0.4) is 0 Å². The molecule has 1 saturated carbocycles. The lowest BCUT2D eigenvalue weighted by molar-refractivity contribution is -0.120. The largest absolute Gasteiger partial charge is 0.481 e. The summed E-state index contributed by atoms with van der Waals surface area (Å²) in [6.45, 7) is 0.557. The van der Waals surface area contributed by atoms with Crippen molar-refractivity contribution in [2.45, 2.75) is 23.5 Å². The smallest absolute Gasteiger partial charge is 0.226 e. The predicted molar refractivity (Wildman–Crippen MR) is 132 cm³/mol. The van der Waals surface area contributed by atoms with E-state index in [1.165, 1.54) is 14.2 Å². The number of ether oxygens (including phenoxy) is 3. The summed E-state index contributed by atoms with van der Waals surface area (Å²) < 4.78 is 17.9. The van der Waals surface area contributed by atoms with E-state index in [4.69, 9.17) is 19.0 Å². The van der Waals surface area contributed by atoms with Gasteiger partial charge in [-0.15, -0.1) is 0 Å². The number of fused-ring (bicyclic) bond motifs is 3. The molecule has 8 nitrogen and oxygen atoms in total. The molecule has 36 heavy (non-hydrogen) atoms. The maximum atomic E-state index is 12.8. The number of nitrogens with zero attached hydrogens (tertiary/aromatic N) is 3. The van der Waals surface area contributed by atoms with Gasteiger partial charge in [-0.25, -0.2) is 0 Å². The van der Waals surface area contributed by atoms with Crippen molar-refractivity contribution >= 4 is 0 Å². The third-order valence-electron chi connectivity index (χ3n) is 7.50. The van der Waals surface area contributed by atoms with Gasteiger partial charge in [-0.3, -0.25) is 0 Å². The fraction of sp³-hybridized carbons (Fsp3) is 0.357. The maximum Gasteiger partial charge on any atom is 0.226 e. The molecule has 2 heterocycles. The second-order valence-corrected chi connectivity index (χ2v) is 9.28. The van der Waals surface area contributed by atoms with Crippen molar-refractivity contribution in [1.29, 1.82) is 5.26 Å². The molecule has 3 aromatic rings. The topological polar surface area (TPSA) is 97.1 Å². The third kappa shape index (κ3) is 3.43. The van der Waals surface area contributed by atoms with Crippen LogP contribution in [-0.2, 0) is 16.0 Å². The Bertz CT molecular complexity index is 1290. The Kier molecular flexibility index (Phi) is 6.08. The van der Waals surface area contributed by atoms with Gasteiger partial charge in [0.05, 0.1) is 38.5 Å². The second kappa shape index (κ2) is 9.10. The van der Waals surface area contributed by atoms with Gasteiger partial charge in [-0.2, -0.15) is 15.3 Å².